The molecule has 98 valence electrons. The lowest BCUT2D eigenvalue weighted by molar-refractivity contribution is 0.493. The van der Waals surface area contributed by atoms with E-state index in [1.807, 2.05) is 6.07 Å². The molecule has 3 nitrogen and oxygen atoms in total. The summed E-state index contributed by atoms with van der Waals surface area (Å²) in [7, 11) is 0. The first-order valence-electron chi connectivity index (χ1n) is 5.81. The molecule has 2 aromatic heterocycles. The normalized spacial score (nSPS) is 11.1. The van der Waals surface area contributed by atoms with E-state index in [0.29, 0.717) is 0 Å². The first-order valence-corrected chi connectivity index (χ1v) is 8.21. The van der Waals surface area contributed by atoms with Crippen molar-refractivity contribution in [1.29, 1.82) is 0 Å². The van der Waals surface area contributed by atoms with Crippen LogP contribution in [0.3, 0.4) is 0 Å². The lowest BCUT2D eigenvalue weighted by Crippen LogP contribution is -2.14. The van der Waals surface area contributed by atoms with Crippen molar-refractivity contribution in [3.8, 4) is 11.3 Å². The lowest BCUT2D eigenvalue weighted by Gasteiger charge is -1.98. The Morgan fingerprint density at radius 1 is 1.44 bits per heavy atom. The van der Waals surface area contributed by atoms with E-state index >= 15 is 0 Å². The summed E-state index contributed by atoms with van der Waals surface area (Å²) in [4.78, 5) is 4.31. The maximum atomic E-state index is 5.76. The van der Waals surface area contributed by atoms with Crippen LogP contribution in [0.15, 0.2) is 24.3 Å². The number of aryl methyl sites for hydroxylation is 1. The molecule has 2 aromatic rings. The molecule has 0 amide bonds. The molecule has 0 atom stereocenters. The molecule has 0 saturated heterocycles. The second kappa shape index (κ2) is 6.84. The average molecular weight is 394 g/mol. The standard InChI is InChI=1S/C12H14Br2N2OS/c1-2-15-5-3-4-11-16-7-9(17-11)8-6-10(13)18-12(8)14/h6-7,15H,2-5H2,1H3. The molecule has 0 aliphatic rings. The minimum atomic E-state index is 0.803. The van der Waals surface area contributed by atoms with Crippen LogP contribution in [-0.2, 0) is 6.42 Å². The van der Waals surface area contributed by atoms with Crippen molar-refractivity contribution in [2.45, 2.75) is 19.8 Å². The van der Waals surface area contributed by atoms with Gasteiger partial charge < -0.3 is 9.73 Å². The Labute approximate surface area is 127 Å². The molecule has 18 heavy (non-hydrogen) atoms. The molecule has 0 bridgehead atoms. The minimum absolute atomic E-state index is 0.803. The highest BCUT2D eigenvalue weighted by Crippen LogP contribution is 2.38. The van der Waals surface area contributed by atoms with Gasteiger partial charge in [-0.3, -0.25) is 0 Å². The smallest absolute Gasteiger partial charge is 0.194 e. The van der Waals surface area contributed by atoms with Gasteiger partial charge in [-0.25, -0.2) is 4.98 Å². The predicted molar refractivity (Wildman–Crippen MR) is 82.1 cm³/mol. The largest absolute Gasteiger partial charge is 0.441 e. The van der Waals surface area contributed by atoms with Crippen molar-refractivity contribution in [2.24, 2.45) is 0 Å². The summed E-state index contributed by atoms with van der Waals surface area (Å²) in [5.41, 5.74) is 1.05. The summed E-state index contributed by atoms with van der Waals surface area (Å²) in [5, 5.41) is 3.29. The number of nitrogens with zero attached hydrogens (tertiary/aromatic N) is 1. The molecule has 0 fully saturated rings. The van der Waals surface area contributed by atoms with Crippen LogP contribution < -0.4 is 5.32 Å². The van der Waals surface area contributed by atoms with Gasteiger partial charge in [0.25, 0.3) is 0 Å². The third-order valence-electron chi connectivity index (χ3n) is 2.47. The van der Waals surface area contributed by atoms with E-state index in [1.54, 1.807) is 17.5 Å². The van der Waals surface area contributed by atoms with Gasteiger partial charge in [0.1, 0.15) is 0 Å². The van der Waals surface area contributed by atoms with Gasteiger partial charge in [-0.1, -0.05) is 6.92 Å². The molecule has 0 radical (unpaired) electrons. The SMILES string of the molecule is CCNCCCc1ncc(-c2cc(Br)sc2Br)o1. The van der Waals surface area contributed by atoms with Gasteiger partial charge in [-0.15, -0.1) is 11.3 Å². The van der Waals surface area contributed by atoms with E-state index in [0.717, 1.165) is 50.7 Å². The van der Waals surface area contributed by atoms with Gasteiger partial charge in [-0.05, 0) is 57.4 Å². The third-order valence-corrected chi connectivity index (χ3v) is 4.81. The Kier molecular flexibility index (Phi) is 5.41. The van der Waals surface area contributed by atoms with Gasteiger partial charge in [0, 0.05) is 12.0 Å². The van der Waals surface area contributed by atoms with Crippen molar-refractivity contribution >= 4 is 43.2 Å². The van der Waals surface area contributed by atoms with E-state index < -0.39 is 0 Å². The molecule has 0 aliphatic carbocycles. The number of hydrogen-bond donors (Lipinski definition) is 1. The van der Waals surface area contributed by atoms with E-state index in [4.69, 9.17) is 4.42 Å². The van der Waals surface area contributed by atoms with Crippen LogP contribution in [0, 0.1) is 0 Å². The van der Waals surface area contributed by atoms with Crippen LogP contribution in [-0.4, -0.2) is 18.1 Å². The van der Waals surface area contributed by atoms with Crippen LogP contribution >= 0.6 is 43.2 Å². The molecular weight excluding hydrogens is 380 g/mol. The van der Waals surface area contributed by atoms with Gasteiger partial charge >= 0.3 is 0 Å². The van der Waals surface area contributed by atoms with Crippen LogP contribution in [0.5, 0.6) is 0 Å². The van der Waals surface area contributed by atoms with Crippen LogP contribution in [0.2, 0.25) is 0 Å². The Morgan fingerprint density at radius 2 is 2.28 bits per heavy atom. The summed E-state index contributed by atoms with van der Waals surface area (Å²) in [6.07, 6.45) is 3.71. The van der Waals surface area contributed by atoms with Crippen molar-refractivity contribution in [1.82, 2.24) is 10.3 Å². The monoisotopic (exact) mass is 392 g/mol. The summed E-state index contributed by atoms with van der Waals surface area (Å²) in [5.74, 6) is 1.62. The van der Waals surface area contributed by atoms with Crippen LogP contribution in [0.25, 0.3) is 11.3 Å². The number of aromatic nitrogens is 1. The summed E-state index contributed by atoms with van der Waals surface area (Å²) < 4.78 is 7.90. The summed E-state index contributed by atoms with van der Waals surface area (Å²) in [6.45, 7) is 4.11. The minimum Gasteiger partial charge on any atom is -0.441 e. The zero-order chi connectivity index (χ0) is 13.0. The summed E-state index contributed by atoms with van der Waals surface area (Å²) in [6, 6.07) is 2.04. The second-order valence-corrected chi connectivity index (χ2v) is 7.56. The van der Waals surface area contributed by atoms with Gasteiger partial charge in [0.2, 0.25) is 0 Å². The first kappa shape index (κ1) is 14.2. The zero-order valence-electron chi connectivity index (χ0n) is 10.0. The highest BCUT2D eigenvalue weighted by atomic mass is 79.9. The Morgan fingerprint density at radius 3 is 2.94 bits per heavy atom. The molecular formula is C12H14Br2N2OS. The number of oxazole rings is 1. The fraction of sp³-hybridized carbons (Fsp3) is 0.417. The maximum absolute atomic E-state index is 5.76. The second-order valence-electron chi connectivity index (χ2n) is 3.81. The Bertz CT molecular complexity index is 510. The highest BCUT2D eigenvalue weighted by molar-refractivity contribution is 9.12. The molecule has 6 heteroatoms. The average Bonchev–Trinajstić information content (AvgIpc) is 2.91. The highest BCUT2D eigenvalue weighted by Gasteiger charge is 2.12. The number of thiophene rings is 1. The van der Waals surface area contributed by atoms with E-state index in [9.17, 15) is 0 Å². The molecule has 0 unspecified atom stereocenters. The number of nitrogens with one attached hydrogen (secondary N) is 1. The molecule has 0 aliphatic heterocycles. The summed E-state index contributed by atoms with van der Waals surface area (Å²) >= 11 is 8.62. The van der Waals surface area contributed by atoms with Crippen molar-refractivity contribution in [3.63, 3.8) is 0 Å². The van der Waals surface area contributed by atoms with Gasteiger partial charge in [0.05, 0.1) is 13.8 Å². The van der Waals surface area contributed by atoms with E-state index in [1.165, 1.54) is 0 Å². The topological polar surface area (TPSA) is 38.1 Å². The quantitative estimate of drug-likeness (QED) is 0.735. The lowest BCUT2D eigenvalue weighted by atomic mass is 10.3. The third kappa shape index (κ3) is 3.66. The van der Waals surface area contributed by atoms with Gasteiger partial charge in [-0.2, -0.15) is 0 Å². The Balaban J connectivity index is 1.99. The molecule has 1 N–H and O–H groups in total. The zero-order valence-corrected chi connectivity index (χ0v) is 14.0. The maximum Gasteiger partial charge on any atom is 0.194 e. The number of hydrogen-bond acceptors (Lipinski definition) is 4. The number of rotatable bonds is 6. The molecule has 0 saturated carbocycles. The van der Waals surface area contributed by atoms with Gasteiger partial charge in [0.15, 0.2) is 11.7 Å². The van der Waals surface area contributed by atoms with Crippen LogP contribution in [0.4, 0.5) is 0 Å². The Hall–Kier alpha value is -0.170. The van der Waals surface area contributed by atoms with Crippen molar-refractivity contribution in [3.05, 3.63) is 25.7 Å². The first-order chi connectivity index (χ1) is 8.70. The van der Waals surface area contributed by atoms with Crippen molar-refractivity contribution < 1.29 is 4.42 Å². The van der Waals surface area contributed by atoms with Crippen molar-refractivity contribution in [2.75, 3.05) is 13.1 Å². The van der Waals surface area contributed by atoms with Crippen LogP contribution in [0.1, 0.15) is 19.2 Å². The van der Waals surface area contributed by atoms with E-state index in [2.05, 4.69) is 49.1 Å². The number of halogens is 2. The fourth-order valence-electron chi connectivity index (χ4n) is 1.60. The molecule has 0 aromatic carbocycles. The molecule has 2 heterocycles. The fourth-order valence-corrected chi connectivity index (χ4v) is 4.42. The predicted octanol–water partition coefficient (Wildman–Crippen LogP) is 4.47. The molecule has 2 rings (SSSR count). The van der Waals surface area contributed by atoms with E-state index in [-0.39, 0.29) is 0 Å². The molecule has 0 spiro atoms.